The maximum Gasteiger partial charge on any atom is 0.0535 e. The minimum atomic E-state index is 1.12. The van der Waals surface area contributed by atoms with Gasteiger partial charge >= 0.3 is 0 Å². The van der Waals surface area contributed by atoms with Crippen molar-refractivity contribution < 1.29 is 0 Å². The summed E-state index contributed by atoms with van der Waals surface area (Å²) in [4.78, 5) is 0. The topological polar surface area (TPSA) is 4.93 Å². The van der Waals surface area contributed by atoms with Crippen molar-refractivity contribution >= 4 is 54.0 Å². The number of aromatic nitrogens is 1. The molecule has 1 heteroatoms. The Morgan fingerprint density at radius 2 is 0.562 bits per heavy atom. The van der Waals surface area contributed by atoms with Crippen molar-refractivity contribution in [1.82, 2.24) is 4.57 Å². The molecule has 1 nitrogen and oxygen atoms in total. The van der Waals surface area contributed by atoms with Crippen molar-refractivity contribution in [1.29, 1.82) is 0 Å². The molecule has 14 aromatic rings. The number of fused-ring (bicyclic) bond motifs is 6. The van der Waals surface area contributed by atoms with E-state index in [4.69, 9.17) is 0 Å². The molecule has 0 saturated carbocycles. The fraction of sp³-hybridized carbons (Fsp3) is 0. The number of benzene rings is 13. The Labute approximate surface area is 425 Å². The molecule has 0 aliphatic heterocycles. The van der Waals surface area contributed by atoms with E-state index >= 15 is 0 Å². The van der Waals surface area contributed by atoms with Crippen molar-refractivity contribution in [3.05, 3.63) is 285 Å². The maximum absolute atomic E-state index is 2.38. The van der Waals surface area contributed by atoms with Gasteiger partial charge in [-0.3, -0.25) is 0 Å². The lowest BCUT2D eigenvalue weighted by atomic mass is 9.93. The predicted octanol–water partition coefficient (Wildman–Crippen LogP) is 19.9. The van der Waals surface area contributed by atoms with Gasteiger partial charge in [-0.2, -0.15) is 0 Å². The highest BCUT2D eigenvalue weighted by molar-refractivity contribution is 6.14. The van der Waals surface area contributed by atoms with Gasteiger partial charge in [0.25, 0.3) is 0 Å². The number of nitrogens with zero attached hydrogens (tertiary/aromatic N) is 1. The highest BCUT2D eigenvalue weighted by Crippen LogP contribution is 2.40. The van der Waals surface area contributed by atoms with Crippen LogP contribution in [0.2, 0.25) is 0 Å². The van der Waals surface area contributed by atoms with Crippen LogP contribution in [0.25, 0.3) is 138 Å². The third kappa shape index (κ3) is 7.58. The lowest BCUT2D eigenvalue weighted by molar-refractivity contribution is 1.13. The molecule has 0 aliphatic rings. The van der Waals surface area contributed by atoms with Crippen LogP contribution in [-0.2, 0) is 0 Å². The van der Waals surface area contributed by atoms with Gasteiger partial charge in [-0.1, -0.05) is 249 Å². The Morgan fingerprint density at radius 3 is 1.10 bits per heavy atom. The van der Waals surface area contributed by atoms with Gasteiger partial charge in [0.05, 0.1) is 5.52 Å². The van der Waals surface area contributed by atoms with Gasteiger partial charge < -0.3 is 4.57 Å². The summed E-state index contributed by atoms with van der Waals surface area (Å²) in [5, 5.41) is 11.4. The predicted molar refractivity (Wildman–Crippen MR) is 311 cm³/mol. The molecule has 1 heterocycles. The Balaban J connectivity index is 0.813. The van der Waals surface area contributed by atoms with Crippen molar-refractivity contribution in [3.8, 4) is 83.6 Å². The van der Waals surface area contributed by atoms with Crippen molar-refractivity contribution in [2.45, 2.75) is 0 Å². The number of hydrogen-bond donors (Lipinski definition) is 0. The summed E-state index contributed by atoms with van der Waals surface area (Å²) in [5.41, 5.74) is 19.2. The summed E-state index contributed by atoms with van der Waals surface area (Å²) in [5.74, 6) is 0. The quantitative estimate of drug-likeness (QED) is 0.134. The zero-order valence-corrected chi connectivity index (χ0v) is 40.1. The fourth-order valence-electron chi connectivity index (χ4n) is 11.3. The molecule has 0 radical (unpaired) electrons. The second-order valence-corrected chi connectivity index (χ2v) is 19.2. The van der Waals surface area contributed by atoms with Gasteiger partial charge in [0.1, 0.15) is 0 Å². The summed E-state index contributed by atoms with van der Waals surface area (Å²) in [7, 11) is 0. The third-order valence-electron chi connectivity index (χ3n) is 15.1. The van der Waals surface area contributed by atoms with E-state index in [-0.39, 0.29) is 0 Å². The zero-order valence-electron chi connectivity index (χ0n) is 40.1. The van der Waals surface area contributed by atoms with Gasteiger partial charge in [-0.15, -0.1) is 0 Å². The first-order valence-electron chi connectivity index (χ1n) is 25.2. The first-order valence-corrected chi connectivity index (χ1v) is 25.2. The fourth-order valence-corrected chi connectivity index (χ4v) is 11.3. The molecule has 0 bridgehead atoms. The molecular formula is C72H47N. The average molecular weight is 926 g/mol. The molecule has 340 valence electrons. The van der Waals surface area contributed by atoms with E-state index in [9.17, 15) is 0 Å². The van der Waals surface area contributed by atoms with Crippen LogP contribution < -0.4 is 0 Å². The van der Waals surface area contributed by atoms with Gasteiger partial charge in [-0.05, 0) is 146 Å². The van der Waals surface area contributed by atoms with Crippen LogP contribution in [0, 0.1) is 0 Å². The Bertz CT molecular complexity index is 4360. The van der Waals surface area contributed by atoms with E-state index in [1.165, 1.54) is 132 Å². The minimum absolute atomic E-state index is 1.12. The molecule has 0 spiro atoms. The highest BCUT2D eigenvalue weighted by atomic mass is 15.0. The molecule has 0 fully saturated rings. The molecule has 73 heavy (non-hydrogen) atoms. The average Bonchev–Trinajstić information content (AvgIpc) is 3.86. The first kappa shape index (κ1) is 42.3. The van der Waals surface area contributed by atoms with Gasteiger partial charge in [0.2, 0.25) is 0 Å². The number of hydrogen-bond acceptors (Lipinski definition) is 0. The Kier molecular flexibility index (Phi) is 10.3. The molecule has 0 unspecified atom stereocenters. The highest BCUT2D eigenvalue weighted by Gasteiger charge is 2.16. The molecule has 13 aromatic carbocycles. The van der Waals surface area contributed by atoms with Crippen LogP contribution in [0.3, 0.4) is 0 Å². The Hall–Kier alpha value is -9.56. The first-order chi connectivity index (χ1) is 36.2. The monoisotopic (exact) mass is 925 g/mol. The van der Waals surface area contributed by atoms with Crippen LogP contribution in [0.1, 0.15) is 0 Å². The minimum Gasteiger partial charge on any atom is -0.316 e. The SMILES string of the molecule is c1ccc2c(-c3ccc(-c4ccc(-c5ccc6c(c5)c(-c5ccc(-c7ccc(-c8cccc9ccccc89)cc7)cc5)cn6-c5ccc(-c6cc7ccccc7c7ccccc67)cc5)cc4)cc3)cccc2c1. The molecule has 1 aromatic heterocycles. The summed E-state index contributed by atoms with van der Waals surface area (Å²) in [6, 6.07) is 102. The summed E-state index contributed by atoms with van der Waals surface area (Å²) < 4.78 is 2.36. The van der Waals surface area contributed by atoms with Crippen LogP contribution in [-0.4, -0.2) is 4.57 Å². The molecular weight excluding hydrogens is 879 g/mol. The standard InChI is InChI=1S/C72H47N/c1-4-16-62-53(11-1)14-9-21-64(62)55-33-27-49(28-34-55)48-23-25-52(26-24-48)59-41-44-72-70(45-59)71(58-37-31-51(32-38-58)50-29-35-56(36-30-50)65-22-10-15-54-12-2-5-17-63(54)65)47-73(72)61-42-39-57(40-43-61)69-46-60-13-3-6-18-66(60)67-19-7-8-20-68(67)69/h1-47H. The molecule has 0 atom stereocenters. The molecule has 14 rings (SSSR count). The van der Waals surface area contributed by atoms with E-state index in [0.717, 1.165) is 5.69 Å². The maximum atomic E-state index is 2.38. The van der Waals surface area contributed by atoms with E-state index in [1.807, 2.05) is 0 Å². The number of rotatable bonds is 8. The third-order valence-corrected chi connectivity index (χ3v) is 15.1. The van der Waals surface area contributed by atoms with Crippen molar-refractivity contribution in [2.24, 2.45) is 0 Å². The van der Waals surface area contributed by atoms with Crippen molar-refractivity contribution in [2.75, 3.05) is 0 Å². The second-order valence-electron chi connectivity index (χ2n) is 19.2. The normalized spacial score (nSPS) is 11.6. The molecule has 0 saturated heterocycles. The smallest absolute Gasteiger partial charge is 0.0535 e. The van der Waals surface area contributed by atoms with E-state index < -0.39 is 0 Å². The lowest BCUT2D eigenvalue weighted by Crippen LogP contribution is -1.92. The van der Waals surface area contributed by atoms with Crippen molar-refractivity contribution in [3.63, 3.8) is 0 Å². The second kappa shape index (κ2) is 17.7. The summed E-state index contributed by atoms with van der Waals surface area (Å²) in [6.45, 7) is 0. The Morgan fingerprint density at radius 1 is 0.192 bits per heavy atom. The lowest BCUT2D eigenvalue weighted by Gasteiger charge is -2.12. The van der Waals surface area contributed by atoms with Gasteiger partial charge in [0, 0.05) is 22.8 Å². The largest absolute Gasteiger partial charge is 0.316 e. The van der Waals surface area contributed by atoms with Gasteiger partial charge in [-0.25, -0.2) is 0 Å². The summed E-state index contributed by atoms with van der Waals surface area (Å²) in [6.07, 6.45) is 2.33. The molecule has 0 amide bonds. The van der Waals surface area contributed by atoms with Crippen LogP contribution in [0.15, 0.2) is 285 Å². The van der Waals surface area contributed by atoms with Crippen LogP contribution >= 0.6 is 0 Å². The molecule has 0 aliphatic carbocycles. The van der Waals surface area contributed by atoms with Crippen LogP contribution in [0.4, 0.5) is 0 Å². The van der Waals surface area contributed by atoms with E-state index in [0.29, 0.717) is 0 Å². The van der Waals surface area contributed by atoms with E-state index in [1.54, 1.807) is 0 Å². The van der Waals surface area contributed by atoms with E-state index in [2.05, 4.69) is 290 Å². The summed E-state index contributed by atoms with van der Waals surface area (Å²) >= 11 is 0. The van der Waals surface area contributed by atoms with Gasteiger partial charge in [0.15, 0.2) is 0 Å². The molecule has 0 N–H and O–H groups in total. The van der Waals surface area contributed by atoms with Crippen LogP contribution in [0.5, 0.6) is 0 Å². The zero-order chi connectivity index (χ0) is 48.2.